The molecule has 1 atom stereocenters. The highest BCUT2D eigenvalue weighted by Crippen LogP contribution is 2.41. The van der Waals surface area contributed by atoms with Gasteiger partial charge in [0, 0.05) is 12.5 Å². The summed E-state index contributed by atoms with van der Waals surface area (Å²) in [4.78, 5) is 15.9. The number of para-hydroxylation sites is 1. The maximum Gasteiger partial charge on any atom is 0.425 e. The third-order valence-corrected chi connectivity index (χ3v) is 6.37. The number of alkyl halides is 5. The molecule has 1 heterocycles. The van der Waals surface area contributed by atoms with E-state index in [0.717, 1.165) is 6.07 Å². The van der Waals surface area contributed by atoms with Crippen molar-refractivity contribution in [2.45, 2.75) is 38.7 Å². The highest BCUT2D eigenvalue weighted by atomic mass is 35.5. The molecule has 36 heavy (non-hydrogen) atoms. The molecule has 0 unspecified atom stereocenters. The average molecular weight is 557 g/mol. The van der Waals surface area contributed by atoms with E-state index in [-0.39, 0.29) is 5.02 Å². The zero-order chi connectivity index (χ0) is 27.0. The summed E-state index contributed by atoms with van der Waals surface area (Å²) in [5.41, 5.74) is -2.28. The first-order valence-electron chi connectivity index (χ1n) is 9.95. The second-order valence-corrected chi connectivity index (χ2v) is 8.93. The molecule has 0 fully saturated rings. The molecule has 0 aliphatic rings. The Kier molecular flexibility index (Phi) is 7.86. The van der Waals surface area contributed by atoms with Gasteiger partial charge in [0.1, 0.15) is 22.4 Å². The van der Waals surface area contributed by atoms with Gasteiger partial charge >= 0.3 is 6.18 Å². The lowest BCUT2D eigenvalue weighted by Crippen LogP contribution is -2.32. The van der Waals surface area contributed by atoms with E-state index in [9.17, 15) is 36.2 Å². The van der Waals surface area contributed by atoms with Crippen LogP contribution >= 0.6 is 22.9 Å². The molecular weight excluding hydrogens is 541 g/mol. The quantitative estimate of drug-likeness (QED) is 0.310. The average Bonchev–Trinajstić information content (AvgIpc) is 3.21. The van der Waals surface area contributed by atoms with Gasteiger partial charge in [0.25, 0.3) is 11.8 Å². The first kappa shape index (κ1) is 27.7. The summed E-state index contributed by atoms with van der Waals surface area (Å²) in [6.45, 7) is 0.247. The molecule has 1 amide bonds. The Hall–Kier alpha value is -2.90. The van der Waals surface area contributed by atoms with Crippen molar-refractivity contribution in [3.63, 3.8) is 0 Å². The maximum absolute atomic E-state index is 15.0. The van der Waals surface area contributed by atoms with Crippen molar-refractivity contribution in [2.75, 3.05) is 5.32 Å². The molecule has 0 bridgehead atoms. The van der Waals surface area contributed by atoms with Gasteiger partial charge in [-0.15, -0.1) is 11.3 Å². The van der Waals surface area contributed by atoms with Crippen molar-refractivity contribution in [1.82, 2.24) is 4.98 Å². The van der Waals surface area contributed by atoms with Crippen LogP contribution in [0, 0.1) is 11.6 Å². The van der Waals surface area contributed by atoms with Crippen LogP contribution in [-0.2, 0) is 12.5 Å². The number of aromatic nitrogens is 1. The van der Waals surface area contributed by atoms with Crippen LogP contribution in [0.4, 0.5) is 36.4 Å². The Morgan fingerprint density at radius 3 is 2.39 bits per heavy atom. The molecule has 0 radical (unpaired) electrons. The lowest BCUT2D eigenvalue weighted by atomic mass is 10.1. The minimum Gasteiger partial charge on any atom is -0.480 e. The first-order chi connectivity index (χ1) is 16.6. The molecule has 1 aromatic heterocycles. The van der Waals surface area contributed by atoms with Crippen molar-refractivity contribution in [3.05, 3.63) is 63.1 Å². The summed E-state index contributed by atoms with van der Waals surface area (Å²) in [7, 11) is 0. The van der Waals surface area contributed by atoms with E-state index in [1.54, 1.807) is 0 Å². The minimum atomic E-state index is -4.89. The molecule has 0 spiro atoms. The van der Waals surface area contributed by atoms with Crippen molar-refractivity contribution in [2.24, 2.45) is 0 Å². The SMILES string of the molecule is C[C@H](Oc1cc(-c2nc(CO)c(C(C)(F)F)s2)c(F)cc1C(=O)Nc1c(F)cccc1Cl)C(F)(F)F. The van der Waals surface area contributed by atoms with Crippen LogP contribution in [0.15, 0.2) is 30.3 Å². The van der Waals surface area contributed by atoms with Gasteiger partial charge in [-0.3, -0.25) is 4.79 Å². The number of carbonyl (C=O) groups is 1. The van der Waals surface area contributed by atoms with Gasteiger partial charge in [-0.2, -0.15) is 13.2 Å². The Labute approximate surface area is 208 Å². The largest absolute Gasteiger partial charge is 0.480 e. The number of hydrogen-bond acceptors (Lipinski definition) is 5. The molecule has 0 aliphatic heterocycles. The number of thiazole rings is 1. The van der Waals surface area contributed by atoms with Gasteiger partial charge in [0.15, 0.2) is 6.10 Å². The van der Waals surface area contributed by atoms with E-state index in [1.165, 1.54) is 12.1 Å². The highest BCUT2D eigenvalue weighted by molar-refractivity contribution is 7.15. The summed E-state index contributed by atoms with van der Waals surface area (Å²) in [6.07, 6.45) is -7.36. The van der Waals surface area contributed by atoms with Crippen molar-refractivity contribution < 1.29 is 45.4 Å². The van der Waals surface area contributed by atoms with Crippen LogP contribution in [0.3, 0.4) is 0 Å². The van der Waals surface area contributed by atoms with Crippen LogP contribution in [-0.4, -0.2) is 28.3 Å². The van der Waals surface area contributed by atoms with Gasteiger partial charge in [-0.1, -0.05) is 17.7 Å². The third-order valence-electron chi connectivity index (χ3n) is 4.76. The highest BCUT2D eigenvalue weighted by Gasteiger charge is 2.39. The van der Waals surface area contributed by atoms with Gasteiger partial charge in [-0.25, -0.2) is 22.5 Å². The van der Waals surface area contributed by atoms with E-state index in [1.807, 2.05) is 0 Å². The predicted molar refractivity (Wildman–Crippen MR) is 119 cm³/mol. The Morgan fingerprint density at radius 2 is 1.86 bits per heavy atom. The number of anilines is 1. The number of hydrogen-bond donors (Lipinski definition) is 2. The van der Waals surface area contributed by atoms with E-state index in [2.05, 4.69) is 10.3 Å². The standard InChI is InChI=1S/C22H16ClF7N2O3S/c1-9(22(28,29)30)35-16-7-10(20-31-15(8-33)18(36-20)21(2,26)27)14(25)6-11(16)19(34)32-17-12(23)4-3-5-13(17)24/h3-7,9,33H,8H2,1-2H3,(H,32,34)/t9-/m0/s1. The topological polar surface area (TPSA) is 71.5 Å². The van der Waals surface area contributed by atoms with E-state index in [0.29, 0.717) is 37.3 Å². The number of halogens is 8. The van der Waals surface area contributed by atoms with Crippen LogP contribution < -0.4 is 10.1 Å². The molecule has 0 saturated heterocycles. The summed E-state index contributed by atoms with van der Waals surface area (Å²) >= 11 is 6.16. The number of ether oxygens (including phenoxy) is 1. The van der Waals surface area contributed by atoms with Gasteiger partial charge in [0.2, 0.25) is 0 Å². The molecule has 0 saturated carbocycles. The van der Waals surface area contributed by atoms with Crippen molar-refractivity contribution in [1.29, 1.82) is 0 Å². The van der Waals surface area contributed by atoms with Gasteiger partial charge in [-0.05, 0) is 31.2 Å². The van der Waals surface area contributed by atoms with Gasteiger partial charge in [0.05, 0.1) is 33.5 Å². The minimum absolute atomic E-state index is 0.237. The Morgan fingerprint density at radius 1 is 1.19 bits per heavy atom. The van der Waals surface area contributed by atoms with Crippen molar-refractivity contribution >= 4 is 34.5 Å². The molecule has 2 N–H and O–H groups in total. The molecule has 5 nitrogen and oxygen atoms in total. The lowest BCUT2D eigenvalue weighted by molar-refractivity contribution is -0.189. The molecule has 14 heteroatoms. The fraction of sp³-hybridized carbons (Fsp3) is 0.273. The number of aliphatic hydroxyl groups is 1. The smallest absolute Gasteiger partial charge is 0.425 e. The Bertz CT molecular complexity index is 1270. The second-order valence-electron chi connectivity index (χ2n) is 7.52. The predicted octanol–water partition coefficient (Wildman–Crippen LogP) is 6.93. The molecule has 3 aromatic rings. The third kappa shape index (κ3) is 5.90. The van der Waals surface area contributed by atoms with E-state index >= 15 is 4.39 Å². The molecule has 2 aromatic carbocycles. The molecular formula is C22H16ClF7N2O3S. The number of nitrogens with zero attached hydrogens (tertiary/aromatic N) is 1. The number of carbonyl (C=O) groups excluding carboxylic acids is 1. The summed E-state index contributed by atoms with van der Waals surface area (Å²) in [5.74, 6) is -7.69. The fourth-order valence-corrected chi connectivity index (χ4v) is 4.20. The van der Waals surface area contributed by atoms with Gasteiger partial charge < -0.3 is 15.2 Å². The first-order valence-corrected chi connectivity index (χ1v) is 11.1. The van der Waals surface area contributed by atoms with Crippen molar-refractivity contribution in [3.8, 4) is 16.3 Å². The summed E-state index contributed by atoms with van der Waals surface area (Å²) in [5, 5.41) is 10.8. The lowest BCUT2D eigenvalue weighted by Gasteiger charge is -2.20. The number of nitrogens with one attached hydrogen (secondary N) is 1. The number of amides is 1. The monoisotopic (exact) mass is 556 g/mol. The number of benzene rings is 2. The van der Waals surface area contributed by atoms with Crippen LogP contribution in [0.25, 0.3) is 10.6 Å². The molecule has 0 aliphatic carbocycles. The zero-order valence-electron chi connectivity index (χ0n) is 18.3. The number of aliphatic hydroxyl groups excluding tert-OH is 1. The fourth-order valence-electron chi connectivity index (χ4n) is 2.96. The van der Waals surface area contributed by atoms with Crippen LogP contribution in [0.5, 0.6) is 5.75 Å². The summed E-state index contributed by atoms with van der Waals surface area (Å²) < 4.78 is 101. The summed E-state index contributed by atoms with van der Waals surface area (Å²) in [6, 6.07) is 4.62. The maximum atomic E-state index is 15.0. The zero-order valence-corrected chi connectivity index (χ0v) is 19.9. The van der Waals surface area contributed by atoms with E-state index < -0.39 is 80.5 Å². The molecule has 3 rings (SSSR count). The number of rotatable bonds is 7. The van der Waals surface area contributed by atoms with Crippen LogP contribution in [0.2, 0.25) is 5.02 Å². The second kappa shape index (κ2) is 10.2. The van der Waals surface area contributed by atoms with Crippen LogP contribution in [0.1, 0.15) is 34.8 Å². The Balaban J connectivity index is 2.14. The normalized spacial score (nSPS) is 13.0. The van der Waals surface area contributed by atoms with E-state index in [4.69, 9.17) is 16.3 Å². The molecule has 194 valence electrons.